The Bertz CT molecular complexity index is 1510. The van der Waals surface area contributed by atoms with Gasteiger partial charge in [0.05, 0.1) is 6.54 Å². The molecule has 0 saturated heterocycles. The van der Waals surface area contributed by atoms with Crippen LogP contribution in [0, 0.1) is 0 Å². The number of benzene rings is 4. The van der Waals surface area contributed by atoms with E-state index in [1.165, 1.54) is 6.08 Å². The Kier molecular flexibility index (Phi) is 9.04. The van der Waals surface area contributed by atoms with Gasteiger partial charge in [-0.25, -0.2) is 4.79 Å². The summed E-state index contributed by atoms with van der Waals surface area (Å²) in [7, 11) is 0. The molecule has 4 aromatic rings. The summed E-state index contributed by atoms with van der Waals surface area (Å²) in [4.78, 5) is 37.4. The highest BCUT2D eigenvalue weighted by molar-refractivity contribution is 6.04. The third kappa shape index (κ3) is 6.79. The van der Waals surface area contributed by atoms with Crippen molar-refractivity contribution in [3.05, 3.63) is 143 Å². The minimum atomic E-state index is -1.45. The molecule has 0 fully saturated rings. The van der Waals surface area contributed by atoms with Gasteiger partial charge in [-0.15, -0.1) is 0 Å². The first kappa shape index (κ1) is 28.2. The van der Waals surface area contributed by atoms with Crippen molar-refractivity contribution in [3.63, 3.8) is 0 Å². The van der Waals surface area contributed by atoms with Crippen LogP contribution in [0.1, 0.15) is 45.7 Å². The van der Waals surface area contributed by atoms with Crippen LogP contribution in [0.25, 0.3) is 11.1 Å². The lowest BCUT2D eigenvalue weighted by Crippen LogP contribution is -2.45. The van der Waals surface area contributed by atoms with Crippen molar-refractivity contribution in [2.45, 2.75) is 25.9 Å². The standard InChI is InChI=1S/C34H32N2O4/c1-24(21-31(37)26-11-5-3-6-12-26)36-34(2,33(39)40)29-19-17-25(18-20-29)30-16-10-9-15-28(30)22-35-23-32(38)27-13-7-4-8-14-27/h3-21,35-36H,22-23H2,1-2H3,(H,39,40). The number of carboxylic acids is 1. The fourth-order valence-corrected chi connectivity index (χ4v) is 4.54. The summed E-state index contributed by atoms with van der Waals surface area (Å²) in [6.07, 6.45) is 1.41. The molecule has 6 nitrogen and oxygen atoms in total. The first-order chi connectivity index (χ1) is 19.3. The Morgan fingerprint density at radius 1 is 0.775 bits per heavy atom. The van der Waals surface area contributed by atoms with Gasteiger partial charge in [-0.2, -0.15) is 0 Å². The van der Waals surface area contributed by atoms with E-state index in [1.807, 2.05) is 60.7 Å². The van der Waals surface area contributed by atoms with Crippen LogP contribution in [-0.4, -0.2) is 29.2 Å². The van der Waals surface area contributed by atoms with Gasteiger partial charge in [0.1, 0.15) is 0 Å². The molecule has 0 saturated carbocycles. The van der Waals surface area contributed by atoms with Gasteiger partial charge in [0.2, 0.25) is 0 Å². The summed E-state index contributed by atoms with van der Waals surface area (Å²) in [6.45, 7) is 3.99. The number of carbonyl (C=O) groups is 3. The molecule has 0 aliphatic rings. The maximum atomic E-state index is 12.6. The predicted octanol–water partition coefficient (Wildman–Crippen LogP) is 6.00. The fourth-order valence-electron chi connectivity index (χ4n) is 4.54. The van der Waals surface area contributed by atoms with Crippen molar-refractivity contribution in [3.8, 4) is 11.1 Å². The summed E-state index contributed by atoms with van der Waals surface area (Å²) in [5, 5.41) is 16.4. The number of aliphatic carboxylic acids is 1. The highest BCUT2D eigenvalue weighted by Gasteiger charge is 2.35. The summed E-state index contributed by atoms with van der Waals surface area (Å²) in [5.41, 5.74) is 3.68. The molecule has 40 heavy (non-hydrogen) atoms. The number of Topliss-reactive ketones (excluding diaryl/α,β-unsaturated/α-hetero) is 1. The van der Waals surface area contributed by atoms with Crippen molar-refractivity contribution in [2.24, 2.45) is 0 Å². The molecule has 3 N–H and O–H groups in total. The zero-order valence-electron chi connectivity index (χ0n) is 22.6. The Hall–Kier alpha value is -4.81. The van der Waals surface area contributed by atoms with E-state index in [4.69, 9.17) is 0 Å². The summed E-state index contributed by atoms with van der Waals surface area (Å²) >= 11 is 0. The quantitative estimate of drug-likeness (QED) is 0.153. The smallest absolute Gasteiger partial charge is 0.333 e. The van der Waals surface area contributed by atoms with Crippen LogP contribution in [0.5, 0.6) is 0 Å². The number of carbonyl (C=O) groups excluding carboxylic acids is 2. The van der Waals surface area contributed by atoms with Gasteiger partial charge in [0.25, 0.3) is 0 Å². The zero-order valence-corrected chi connectivity index (χ0v) is 22.6. The lowest BCUT2D eigenvalue weighted by atomic mass is 9.89. The third-order valence-corrected chi connectivity index (χ3v) is 6.77. The van der Waals surface area contributed by atoms with E-state index in [0.29, 0.717) is 28.9 Å². The number of hydrogen-bond acceptors (Lipinski definition) is 5. The summed E-state index contributed by atoms with van der Waals surface area (Å²) in [5.74, 6) is -1.24. The van der Waals surface area contributed by atoms with E-state index in [9.17, 15) is 19.5 Å². The van der Waals surface area contributed by atoms with Gasteiger partial charge in [-0.1, -0.05) is 109 Å². The van der Waals surface area contributed by atoms with E-state index in [2.05, 4.69) is 10.6 Å². The number of hydrogen-bond donors (Lipinski definition) is 3. The molecule has 0 heterocycles. The van der Waals surface area contributed by atoms with Crippen LogP contribution < -0.4 is 10.6 Å². The van der Waals surface area contributed by atoms with Gasteiger partial charge >= 0.3 is 5.97 Å². The van der Waals surface area contributed by atoms with Gasteiger partial charge in [0.15, 0.2) is 17.1 Å². The zero-order chi connectivity index (χ0) is 28.5. The molecule has 0 spiro atoms. The second-order valence-electron chi connectivity index (χ2n) is 9.74. The van der Waals surface area contributed by atoms with Crippen LogP contribution in [0.3, 0.4) is 0 Å². The average Bonchev–Trinajstić information content (AvgIpc) is 2.98. The largest absolute Gasteiger partial charge is 0.479 e. The van der Waals surface area contributed by atoms with Crippen molar-refractivity contribution in [1.82, 2.24) is 10.6 Å². The van der Waals surface area contributed by atoms with Gasteiger partial charge in [0, 0.05) is 29.4 Å². The van der Waals surface area contributed by atoms with Gasteiger partial charge in [-0.3, -0.25) is 9.59 Å². The summed E-state index contributed by atoms with van der Waals surface area (Å²) in [6, 6.07) is 33.3. The van der Waals surface area contributed by atoms with Crippen molar-refractivity contribution in [2.75, 3.05) is 6.54 Å². The molecular formula is C34H32N2O4. The lowest BCUT2D eigenvalue weighted by molar-refractivity contribution is -0.144. The Balaban J connectivity index is 1.49. The van der Waals surface area contributed by atoms with E-state index in [1.54, 1.807) is 62.4 Å². The minimum absolute atomic E-state index is 0.0256. The topological polar surface area (TPSA) is 95.5 Å². The first-order valence-corrected chi connectivity index (χ1v) is 13.0. The molecule has 1 unspecified atom stereocenters. The maximum Gasteiger partial charge on any atom is 0.333 e. The SMILES string of the molecule is CC(=CC(=O)c1ccccc1)NC(C)(C(=O)O)c1ccc(-c2ccccc2CNCC(=O)c2ccccc2)cc1. The molecule has 0 aromatic heterocycles. The molecule has 4 rings (SSSR count). The second-order valence-corrected chi connectivity index (χ2v) is 9.74. The van der Waals surface area contributed by atoms with E-state index >= 15 is 0 Å². The minimum Gasteiger partial charge on any atom is -0.479 e. The third-order valence-electron chi connectivity index (χ3n) is 6.77. The molecule has 1 atom stereocenters. The van der Waals surface area contributed by atoms with Crippen molar-refractivity contribution in [1.29, 1.82) is 0 Å². The normalized spacial score (nSPS) is 12.8. The molecule has 0 amide bonds. The van der Waals surface area contributed by atoms with Crippen molar-refractivity contribution < 1.29 is 19.5 Å². The van der Waals surface area contributed by atoms with Crippen LogP contribution in [0.4, 0.5) is 0 Å². The second kappa shape index (κ2) is 12.8. The molecule has 202 valence electrons. The van der Waals surface area contributed by atoms with Gasteiger partial charge < -0.3 is 15.7 Å². The molecule has 0 bridgehead atoms. The molecule has 6 heteroatoms. The molecule has 0 radical (unpaired) electrons. The van der Waals surface area contributed by atoms with E-state index in [0.717, 1.165) is 16.7 Å². The molecule has 0 aliphatic heterocycles. The van der Waals surface area contributed by atoms with Crippen molar-refractivity contribution >= 4 is 17.5 Å². The molecule has 0 aliphatic carbocycles. The Morgan fingerprint density at radius 2 is 1.35 bits per heavy atom. The Labute approximate surface area is 234 Å². The Morgan fingerprint density at radius 3 is 1.98 bits per heavy atom. The highest BCUT2D eigenvalue weighted by atomic mass is 16.4. The van der Waals surface area contributed by atoms with Crippen LogP contribution >= 0.6 is 0 Å². The number of allylic oxidation sites excluding steroid dienone is 2. The van der Waals surface area contributed by atoms with Crippen LogP contribution in [-0.2, 0) is 16.9 Å². The monoisotopic (exact) mass is 532 g/mol. The highest BCUT2D eigenvalue weighted by Crippen LogP contribution is 2.28. The maximum absolute atomic E-state index is 12.6. The van der Waals surface area contributed by atoms with Gasteiger partial charge in [-0.05, 0) is 36.1 Å². The summed E-state index contributed by atoms with van der Waals surface area (Å²) < 4.78 is 0. The van der Waals surface area contributed by atoms with E-state index < -0.39 is 11.5 Å². The van der Waals surface area contributed by atoms with E-state index in [-0.39, 0.29) is 18.1 Å². The molecule has 4 aromatic carbocycles. The number of ketones is 2. The predicted molar refractivity (Wildman–Crippen MR) is 157 cm³/mol. The average molecular weight is 533 g/mol. The number of nitrogens with one attached hydrogen (secondary N) is 2. The van der Waals surface area contributed by atoms with Crippen LogP contribution in [0.2, 0.25) is 0 Å². The fraction of sp³-hybridized carbons (Fsp3) is 0.147. The number of carboxylic acid groups (broad SMARTS) is 1. The molecular weight excluding hydrogens is 500 g/mol. The lowest BCUT2D eigenvalue weighted by Gasteiger charge is -2.28. The van der Waals surface area contributed by atoms with Crippen LogP contribution in [0.15, 0.2) is 121 Å². The number of rotatable bonds is 12. The first-order valence-electron chi connectivity index (χ1n) is 13.0.